The van der Waals surface area contributed by atoms with Gasteiger partial charge >= 0.3 is 0 Å². The average molecular weight is 343 g/mol. The molecule has 4 heteroatoms. The number of carbonyl (C=O) groups is 1. The molecule has 0 unspecified atom stereocenters. The van der Waals surface area contributed by atoms with Gasteiger partial charge in [0.1, 0.15) is 0 Å². The Kier molecular flexibility index (Phi) is 7.04. The maximum Gasteiger partial charge on any atom is 0.251 e. The number of rotatable bonds is 7. The second-order valence-corrected chi connectivity index (χ2v) is 6.27. The summed E-state index contributed by atoms with van der Waals surface area (Å²) in [4.78, 5) is 14.8. The van der Waals surface area contributed by atoms with Crippen LogP contribution in [0.2, 0.25) is 5.02 Å². The van der Waals surface area contributed by atoms with Crippen LogP contribution in [0.15, 0.2) is 54.6 Å². The molecule has 0 saturated carbocycles. The van der Waals surface area contributed by atoms with Gasteiger partial charge in [-0.1, -0.05) is 60.1 Å². The lowest BCUT2D eigenvalue weighted by Gasteiger charge is -2.12. The quantitative estimate of drug-likeness (QED) is 0.469. The van der Waals surface area contributed by atoms with E-state index in [9.17, 15) is 4.79 Å². The van der Waals surface area contributed by atoms with E-state index >= 15 is 0 Å². The molecule has 0 aliphatic heterocycles. The van der Waals surface area contributed by atoms with Crippen LogP contribution in [0.3, 0.4) is 0 Å². The third kappa shape index (κ3) is 5.52. The summed E-state index contributed by atoms with van der Waals surface area (Å²) in [6.45, 7) is 1.58. The molecule has 0 spiro atoms. The molecule has 0 fully saturated rings. The number of nitrogens with zero attached hydrogens (tertiary/aromatic N) is 1. The summed E-state index contributed by atoms with van der Waals surface area (Å²) in [5.74, 6) is -0.0834. The van der Waals surface area contributed by atoms with Crippen LogP contribution in [0.5, 0.6) is 0 Å². The van der Waals surface area contributed by atoms with Crippen molar-refractivity contribution in [1.82, 2.24) is 10.2 Å². The Balaban J connectivity index is 2.21. The van der Waals surface area contributed by atoms with Crippen molar-refractivity contribution in [2.75, 3.05) is 27.2 Å². The van der Waals surface area contributed by atoms with Gasteiger partial charge in [0.05, 0.1) is 0 Å². The molecule has 2 aromatic rings. The van der Waals surface area contributed by atoms with Crippen molar-refractivity contribution >= 4 is 29.2 Å². The topological polar surface area (TPSA) is 32.3 Å². The molecule has 3 nitrogen and oxygen atoms in total. The largest absolute Gasteiger partial charge is 0.352 e. The zero-order valence-electron chi connectivity index (χ0n) is 14.1. The van der Waals surface area contributed by atoms with Crippen molar-refractivity contribution < 1.29 is 4.79 Å². The normalized spacial score (nSPS) is 11.6. The highest BCUT2D eigenvalue weighted by Gasteiger charge is 2.12. The second kappa shape index (κ2) is 9.26. The first-order valence-corrected chi connectivity index (χ1v) is 8.40. The van der Waals surface area contributed by atoms with Gasteiger partial charge in [-0.3, -0.25) is 4.79 Å². The van der Waals surface area contributed by atoms with Gasteiger partial charge in [-0.2, -0.15) is 0 Å². The van der Waals surface area contributed by atoms with Crippen LogP contribution < -0.4 is 5.32 Å². The number of hydrogen-bond donors (Lipinski definition) is 1. The Hall–Kier alpha value is -2.10. The molecule has 1 N–H and O–H groups in total. The van der Waals surface area contributed by atoms with Crippen LogP contribution in [0.4, 0.5) is 0 Å². The first-order chi connectivity index (χ1) is 11.6. The lowest BCUT2D eigenvalue weighted by molar-refractivity contribution is -0.115. The first kappa shape index (κ1) is 18.2. The van der Waals surface area contributed by atoms with Gasteiger partial charge in [0.15, 0.2) is 0 Å². The van der Waals surface area contributed by atoms with Crippen molar-refractivity contribution in [1.29, 1.82) is 0 Å². The molecule has 0 aliphatic rings. The van der Waals surface area contributed by atoms with E-state index < -0.39 is 0 Å². The van der Waals surface area contributed by atoms with E-state index in [-0.39, 0.29) is 5.91 Å². The van der Waals surface area contributed by atoms with E-state index in [1.165, 1.54) is 0 Å². The molecule has 0 radical (unpaired) electrons. The molecule has 0 aromatic heterocycles. The van der Waals surface area contributed by atoms with Gasteiger partial charge in [0.25, 0.3) is 5.91 Å². The summed E-state index contributed by atoms with van der Waals surface area (Å²) in [5, 5.41) is 3.63. The van der Waals surface area contributed by atoms with Gasteiger partial charge in [-0.05, 0) is 50.3 Å². The number of nitrogens with one attached hydrogen (secondary N) is 1. The van der Waals surface area contributed by atoms with E-state index in [0.29, 0.717) is 17.1 Å². The minimum absolute atomic E-state index is 0.0834. The number of benzene rings is 2. The van der Waals surface area contributed by atoms with Crippen molar-refractivity contribution in [2.45, 2.75) is 6.42 Å². The zero-order chi connectivity index (χ0) is 17.4. The fourth-order valence-electron chi connectivity index (χ4n) is 2.34. The minimum atomic E-state index is -0.0834. The Labute approximate surface area is 148 Å². The van der Waals surface area contributed by atoms with Crippen LogP contribution in [0.1, 0.15) is 17.5 Å². The lowest BCUT2D eigenvalue weighted by Crippen LogP contribution is -2.27. The second-order valence-electron chi connectivity index (χ2n) is 5.86. The molecule has 0 atom stereocenters. The van der Waals surface area contributed by atoms with Crippen LogP contribution in [-0.2, 0) is 4.79 Å². The van der Waals surface area contributed by atoms with Crippen molar-refractivity contribution in [3.8, 4) is 0 Å². The van der Waals surface area contributed by atoms with Gasteiger partial charge in [-0.25, -0.2) is 0 Å². The summed E-state index contributed by atoms with van der Waals surface area (Å²) in [7, 11) is 4.04. The monoisotopic (exact) mass is 342 g/mol. The molecule has 0 saturated heterocycles. The maximum absolute atomic E-state index is 12.7. The first-order valence-electron chi connectivity index (χ1n) is 8.02. The Morgan fingerprint density at radius 2 is 1.75 bits per heavy atom. The van der Waals surface area contributed by atoms with E-state index in [4.69, 9.17) is 11.6 Å². The summed E-state index contributed by atoms with van der Waals surface area (Å²) in [6, 6.07) is 17.2. The predicted octanol–water partition coefficient (Wildman–Crippen LogP) is 3.95. The van der Waals surface area contributed by atoms with Crippen molar-refractivity contribution in [2.24, 2.45) is 0 Å². The van der Waals surface area contributed by atoms with Crippen LogP contribution in [-0.4, -0.2) is 38.0 Å². The minimum Gasteiger partial charge on any atom is -0.352 e. The molecule has 0 heterocycles. The number of hydrogen-bond acceptors (Lipinski definition) is 2. The van der Waals surface area contributed by atoms with Gasteiger partial charge in [-0.15, -0.1) is 0 Å². The fourth-order valence-corrected chi connectivity index (χ4v) is 2.53. The predicted molar refractivity (Wildman–Crippen MR) is 102 cm³/mol. The molecule has 1 amide bonds. The molecular weight excluding hydrogens is 320 g/mol. The van der Waals surface area contributed by atoms with Crippen LogP contribution in [0, 0.1) is 0 Å². The Morgan fingerprint density at radius 1 is 1.08 bits per heavy atom. The SMILES string of the molecule is CN(C)CCCNC(=O)/C(=C/c1ccccc1Cl)c1ccccc1. The summed E-state index contributed by atoms with van der Waals surface area (Å²) in [5.41, 5.74) is 2.33. The van der Waals surface area contributed by atoms with E-state index in [2.05, 4.69) is 10.2 Å². The molecule has 0 aliphatic carbocycles. The van der Waals surface area contributed by atoms with Crippen molar-refractivity contribution in [3.05, 3.63) is 70.7 Å². The molecule has 2 aromatic carbocycles. The highest BCUT2D eigenvalue weighted by Crippen LogP contribution is 2.23. The highest BCUT2D eigenvalue weighted by molar-refractivity contribution is 6.33. The summed E-state index contributed by atoms with van der Waals surface area (Å²) in [6.07, 6.45) is 2.76. The van der Waals surface area contributed by atoms with Crippen LogP contribution >= 0.6 is 11.6 Å². The maximum atomic E-state index is 12.7. The molecule has 0 bridgehead atoms. The molecular formula is C20H23ClN2O. The van der Waals surface area contributed by atoms with E-state index in [1.807, 2.05) is 74.8 Å². The van der Waals surface area contributed by atoms with Crippen LogP contribution in [0.25, 0.3) is 11.6 Å². The summed E-state index contributed by atoms with van der Waals surface area (Å²) < 4.78 is 0. The van der Waals surface area contributed by atoms with E-state index in [0.717, 1.165) is 24.1 Å². The number of amides is 1. The third-order valence-corrected chi connectivity index (χ3v) is 3.95. The summed E-state index contributed by atoms with van der Waals surface area (Å²) >= 11 is 6.24. The lowest BCUT2D eigenvalue weighted by atomic mass is 10.0. The Bertz CT molecular complexity index is 696. The zero-order valence-corrected chi connectivity index (χ0v) is 14.9. The van der Waals surface area contributed by atoms with E-state index in [1.54, 1.807) is 0 Å². The highest BCUT2D eigenvalue weighted by atomic mass is 35.5. The average Bonchev–Trinajstić information content (AvgIpc) is 2.58. The van der Waals surface area contributed by atoms with Gasteiger partial charge in [0.2, 0.25) is 0 Å². The Morgan fingerprint density at radius 3 is 2.42 bits per heavy atom. The third-order valence-electron chi connectivity index (χ3n) is 3.60. The molecule has 2 rings (SSSR count). The molecule has 24 heavy (non-hydrogen) atoms. The smallest absolute Gasteiger partial charge is 0.251 e. The number of halogens is 1. The van der Waals surface area contributed by atoms with Crippen molar-refractivity contribution in [3.63, 3.8) is 0 Å². The van der Waals surface area contributed by atoms with Gasteiger partial charge < -0.3 is 10.2 Å². The molecule has 126 valence electrons. The van der Waals surface area contributed by atoms with Gasteiger partial charge in [0, 0.05) is 17.1 Å². The number of carbonyl (C=O) groups excluding carboxylic acids is 1. The fraction of sp³-hybridized carbons (Fsp3) is 0.250. The standard InChI is InChI=1S/C20H23ClN2O/c1-23(2)14-8-13-22-20(24)18(16-9-4-3-5-10-16)15-17-11-6-7-12-19(17)21/h3-7,9-12,15H,8,13-14H2,1-2H3,(H,22,24)/b18-15+.